The van der Waals surface area contributed by atoms with E-state index in [2.05, 4.69) is 43.8 Å². The molecule has 0 heterocycles. The van der Waals surface area contributed by atoms with Crippen LogP contribution in [-0.4, -0.2) is 19.6 Å². The molecule has 2 rings (SSSR count). The first-order valence-corrected chi connectivity index (χ1v) is 9.10. The zero-order valence-corrected chi connectivity index (χ0v) is 16.9. The van der Waals surface area contributed by atoms with E-state index in [1.807, 2.05) is 6.92 Å². The molecule has 0 saturated heterocycles. The van der Waals surface area contributed by atoms with Crippen LogP contribution in [0.15, 0.2) is 34.8 Å². The van der Waals surface area contributed by atoms with Gasteiger partial charge < -0.3 is 14.8 Å². The molecule has 128 valence electrons. The Morgan fingerprint density at radius 1 is 1.33 bits per heavy atom. The number of carbonyl (C=O) groups is 1. The molecule has 4 nitrogen and oxygen atoms in total. The second-order valence-corrected chi connectivity index (χ2v) is 6.99. The Balaban J connectivity index is 2.27. The van der Waals surface area contributed by atoms with Gasteiger partial charge in [0.2, 0.25) is 0 Å². The van der Waals surface area contributed by atoms with Crippen LogP contribution in [0.4, 0.5) is 10.1 Å². The van der Waals surface area contributed by atoms with Crippen LogP contribution in [0.3, 0.4) is 0 Å². The summed E-state index contributed by atoms with van der Waals surface area (Å²) in [6, 6.07) is 7.71. The van der Waals surface area contributed by atoms with Crippen LogP contribution in [-0.2, 0) is 0 Å². The van der Waals surface area contributed by atoms with Gasteiger partial charge in [-0.1, -0.05) is 22.9 Å². The number of amides is 1. The number of benzene rings is 2. The highest BCUT2D eigenvalue weighted by molar-refractivity contribution is 14.1. The fourth-order valence-corrected chi connectivity index (χ4v) is 3.07. The van der Waals surface area contributed by atoms with Gasteiger partial charge in [0.1, 0.15) is 5.82 Å². The van der Waals surface area contributed by atoms with Gasteiger partial charge in [0.15, 0.2) is 11.5 Å². The maximum absolute atomic E-state index is 13.9. The van der Waals surface area contributed by atoms with Crippen LogP contribution in [0.5, 0.6) is 11.5 Å². The molecule has 0 aliphatic rings. The van der Waals surface area contributed by atoms with Crippen molar-refractivity contribution in [1.82, 2.24) is 0 Å². The second-order valence-electron chi connectivity index (χ2n) is 4.92. The zero-order chi connectivity index (χ0) is 17.7. The van der Waals surface area contributed by atoms with Crippen LogP contribution >= 0.6 is 38.5 Å². The van der Waals surface area contributed by atoms with Gasteiger partial charge in [-0.2, -0.15) is 0 Å². The van der Waals surface area contributed by atoms with Crippen LogP contribution in [0.1, 0.15) is 23.7 Å². The first-order valence-electron chi connectivity index (χ1n) is 7.23. The van der Waals surface area contributed by atoms with Crippen molar-refractivity contribution in [1.29, 1.82) is 0 Å². The van der Waals surface area contributed by atoms with E-state index in [9.17, 15) is 9.18 Å². The number of hydrogen-bond donors (Lipinski definition) is 1. The molecule has 2 aromatic rings. The molecule has 0 spiro atoms. The summed E-state index contributed by atoms with van der Waals surface area (Å²) in [5.41, 5.74) is 0.478. The second kappa shape index (κ2) is 8.66. The van der Waals surface area contributed by atoms with Crippen molar-refractivity contribution in [3.63, 3.8) is 0 Å². The minimum absolute atomic E-state index is 0.114. The third-order valence-corrected chi connectivity index (χ3v) is 4.42. The van der Waals surface area contributed by atoms with Crippen molar-refractivity contribution in [2.24, 2.45) is 0 Å². The molecule has 1 N–H and O–H groups in total. The number of anilines is 1. The Bertz CT molecular complexity index is 755. The van der Waals surface area contributed by atoms with Gasteiger partial charge in [-0.25, -0.2) is 4.39 Å². The first kappa shape index (κ1) is 19.0. The molecule has 0 aliphatic carbocycles. The van der Waals surface area contributed by atoms with E-state index in [1.54, 1.807) is 18.2 Å². The van der Waals surface area contributed by atoms with Crippen molar-refractivity contribution in [2.45, 2.75) is 13.3 Å². The summed E-state index contributed by atoms with van der Waals surface area (Å²) in [5.74, 6) is 0.139. The first-order chi connectivity index (χ1) is 11.5. The van der Waals surface area contributed by atoms with Crippen LogP contribution in [0, 0.1) is 9.39 Å². The summed E-state index contributed by atoms with van der Waals surface area (Å²) in [5, 5.41) is 2.56. The maximum Gasteiger partial charge on any atom is 0.255 e. The Labute approximate surface area is 162 Å². The van der Waals surface area contributed by atoms with Gasteiger partial charge in [-0.3, -0.25) is 4.79 Å². The highest BCUT2D eigenvalue weighted by Gasteiger charge is 2.16. The van der Waals surface area contributed by atoms with Gasteiger partial charge in [0.05, 0.1) is 23.0 Å². The molecular weight excluding hydrogens is 492 g/mol. The smallest absolute Gasteiger partial charge is 0.255 e. The Morgan fingerprint density at radius 2 is 2.08 bits per heavy atom. The fourth-order valence-electron chi connectivity index (χ4n) is 1.98. The molecule has 24 heavy (non-hydrogen) atoms. The van der Waals surface area contributed by atoms with Gasteiger partial charge in [0, 0.05) is 10.0 Å². The lowest BCUT2D eigenvalue weighted by Gasteiger charge is -2.14. The van der Waals surface area contributed by atoms with E-state index >= 15 is 0 Å². The van der Waals surface area contributed by atoms with Gasteiger partial charge in [-0.15, -0.1) is 0 Å². The maximum atomic E-state index is 13.9. The fraction of sp³-hybridized carbons (Fsp3) is 0.235. The number of methoxy groups -OCH3 is 1. The van der Waals surface area contributed by atoms with Gasteiger partial charge in [-0.05, 0) is 59.3 Å². The van der Waals surface area contributed by atoms with Crippen molar-refractivity contribution >= 4 is 50.1 Å². The largest absolute Gasteiger partial charge is 0.493 e. The van der Waals surface area contributed by atoms with Crippen molar-refractivity contribution in [3.05, 3.63) is 49.8 Å². The van der Waals surface area contributed by atoms with Crippen molar-refractivity contribution in [2.75, 3.05) is 19.0 Å². The molecule has 0 unspecified atom stereocenters. The summed E-state index contributed by atoms with van der Waals surface area (Å²) < 4.78 is 26.2. The summed E-state index contributed by atoms with van der Waals surface area (Å²) >= 11 is 5.27. The summed E-state index contributed by atoms with van der Waals surface area (Å²) in [6.07, 6.45) is 0.865. The predicted octanol–water partition coefficient (Wildman–Crippen LogP) is 5.24. The lowest BCUT2D eigenvalue weighted by molar-refractivity contribution is 0.102. The Hall–Kier alpha value is -1.35. The SMILES string of the molecule is CCCOc1c(I)cc(C(=O)Nc2ccc(Br)cc2F)cc1OC. The van der Waals surface area contributed by atoms with E-state index in [1.165, 1.54) is 19.2 Å². The predicted molar refractivity (Wildman–Crippen MR) is 104 cm³/mol. The van der Waals surface area contributed by atoms with E-state index in [-0.39, 0.29) is 5.69 Å². The van der Waals surface area contributed by atoms with E-state index in [0.29, 0.717) is 28.1 Å². The molecule has 0 bridgehead atoms. The van der Waals surface area contributed by atoms with Crippen LogP contribution in [0.2, 0.25) is 0 Å². The molecule has 0 atom stereocenters. The third-order valence-electron chi connectivity index (χ3n) is 3.12. The lowest BCUT2D eigenvalue weighted by Crippen LogP contribution is -2.14. The number of rotatable bonds is 6. The van der Waals surface area contributed by atoms with Crippen LogP contribution < -0.4 is 14.8 Å². The minimum atomic E-state index is -0.512. The molecule has 0 saturated carbocycles. The molecule has 2 aromatic carbocycles. The summed E-state index contributed by atoms with van der Waals surface area (Å²) in [7, 11) is 1.51. The monoisotopic (exact) mass is 507 g/mol. The van der Waals surface area contributed by atoms with Gasteiger partial charge >= 0.3 is 0 Å². The zero-order valence-electron chi connectivity index (χ0n) is 13.2. The third kappa shape index (κ3) is 4.60. The molecule has 1 amide bonds. The molecule has 0 aliphatic heterocycles. The quantitative estimate of drug-likeness (QED) is 0.544. The highest BCUT2D eigenvalue weighted by atomic mass is 127. The standard InChI is InChI=1S/C17H16BrFINO3/c1-3-6-24-16-13(20)7-10(8-15(16)23-2)17(22)21-14-5-4-11(18)9-12(14)19/h4-5,7-9H,3,6H2,1-2H3,(H,21,22). The molecule has 7 heteroatoms. The average Bonchev–Trinajstić information content (AvgIpc) is 2.55. The molecule has 0 aromatic heterocycles. The van der Waals surface area contributed by atoms with Crippen molar-refractivity contribution < 1.29 is 18.7 Å². The van der Waals surface area contributed by atoms with E-state index in [0.717, 1.165) is 9.99 Å². The topological polar surface area (TPSA) is 47.6 Å². The number of halogens is 3. The number of carbonyl (C=O) groups excluding carboxylic acids is 1. The average molecular weight is 508 g/mol. The minimum Gasteiger partial charge on any atom is -0.493 e. The van der Waals surface area contributed by atoms with E-state index < -0.39 is 11.7 Å². The van der Waals surface area contributed by atoms with Crippen molar-refractivity contribution in [3.8, 4) is 11.5 Å². The Morgan fingerprint density at radius 3 is 2.71 bits per heavy atom. The highest BCUT2D eigenvalue weighted by Crippen LogP contribution is 2.34. The number of hydrogen-bond acceptors (Lipinski definition) is 3. The van der Waals surface area contributed by atoms with E-state index in [4.69, 9.17) is 9.47 Å². The number of nitrogens with one attached hydrogen (secondary N) is 1. The Kier molecular flexibility index (Phi) is 6.85. The number of ether oxygens (including phenoxy) is 2. The molecule has 0 radical (unpaired) electrons. The normalized spacial score (nSPS) is 10.4. The van der Waals surface area contributed by atoms with Crippen LogP contribution in [0.25, 0.3) is 0 Å². The summed E-state index contributed by atoms with van der Waals surface area (Å²) in [4.78, 5) is 12.4. The van der Waals surface area contributed by atoms with Gasteiger partial charge in [0.25, 0.3) is 5.91 Å². The molecule has 0 fully saturated rings. The lowest BCUT2D eigenvalue weighted by atomic mass is 10.1. The molecular formula is C17H16BrFINO3. The summed E-state index contributed by atoms with van der Waals surface area (Å²) in [6.45, 7) is 2.57.